The number of rotatable bonds is 3. The van der Waals surface area contributed by atoms with Gasteiger partial charge in [0.2, 0.25) is 0 Å². The summed E-state index contributed by atoms with van der Waals surface area (Å²) in [4.78, 5) is 22.1. The monoisotopic (exact) mass is 256 g/mol. The zero-order valence-corrected chi connectivity index (χ0v) is 11.8. The Morgan fingerprint density at radius 3 is 2.56 bits per heavy atom. The van der Waals surface area contributed by atoms with Gasteiger partial charge in [-0.05, 0) is 30.1 Å². The molecule has 0 N–H and O–H groups in total. The Kier molecular flexibility index (Phi) is 5.17. The lowest BCUT2D eigenvalue weighted by Gasteiger charge is -2.37. The molecule has 18 heavy (non-hydrogen) atoms. The molecule has 2 unspecified atom stereocenters. The largest absolute Gasteiger partial charge is 0.461 e. The van der Waals surface area contributed by atoms with Crippen molar-refractivity contribution >= 4 is 11.9 Å². The number of carbonyl (C=O) groups excluding carboxylic acids is 2. The second-order valence-electron chi connectivity index (χ2n) is 6.09. The molecule has 1 aliphatic carbocycles. The van der Waals surface area contributed by atoms with E-state index in [-0.39, 0.29) is 5.92 Å². The quantitative estimate of drug-likeness (QED) is 0.575. The molecule has 1 saturated carbocycles. The number of esters is 2. The van der Waals surface area contributed by atoms with Crippen LogP contribution in [-0.2, 0) is 19.1 Å². The van der Waals surface area contributed by atoms with Crippen molar-refractivity contribution < 1.29 is 19.1 Å². The molecule has 4 nitrogen and oxygen atoms in total. The van der Waals surface area contributed by atoms with Crippen molar-refractivity contribution in [3.05, 3.63) is 0 Å². The van der Waals surface area contributed by atoms with Crippen LogP contribution in [0.2, 0.25) is 0 Å². The first-order valence-corrected chi connectivity index (χ1v) is 6.61. The first-order valence-electron chi connectivity index (χ1n) is 6.61. The smallest absolute Gasteiger partial charge is 0.417 e. The van der Waals surface area contributed by atoms with E-state index in [2.05, 4.69) is 25.5 Å². The standard InChI is InChI=1S/C14H24O4/c1-10(9-18-13(16)12(15)17-4)11-6-5-7-14(2,3)8-11/h10-11H,5-9H2,1-4H3. The molecule has 0 spiro atoms. The molecule has 0 radical (unpaired) electrons. The Morgan fingerprint density at radius 2 is 2.00 bits per heavy atom. The maximum atomic E-state index is 11.2. The van der Waals surface area contributed by atoms with Crippen LogP contribution in [-0.4, -0.2) is 25.7 Å². The van der Waals surface area contributed by atoms with Crippen molar-refractivity contribution in [2.24, 2.45) is 17.3 Å². The molecule has 1 aliphatic rings. The normalized spacial score (nSPS) is 24.1. The number of carbonyl (C=O) groups is 2. The summed E-state index contributed by atoms with van der Waals surface area (Å²) in [5.74, 6) is -0.956. The lowest BCUT2D eigenvalue weighted by atomic mass is 9.69. The second-order valence-corrected chi connectivity index (χ2v) is 6.09. The van der Waals surface area contributed by atoms with E-state index in [0.717, 1.165) is 6.42 Å². The van der Waals surface area contributed by atoms with Crippen LogP contribution in [0.1, 0.15) is 46.5 Å². The van der Waals surface area contributed by atoms with Gasteiger partial charge < -0.3 is 9.47 Å². The fraction of sp³-hybridized carbons (Fsp3) is 0.857. The third kappa shape index (κ3) is 4.31. The third-order valence-electron chi connectivity index (χ3n) is 3.88. The van der Waals surface area contributed by atoms with Crippen LogP contribution in [0.3, 0.4) is 0 Å². The van der Waals surface area contributed by atoms with Crippen molar-refractivity contribution in [2.45, 2.75) is 46.5 Å². The molecular weight excluding hydrogens is 232 g/mol. The van der Waals surface area contributed by atoms with Crippen LogP contribution in [0.4, 0.5) is 0 Å². The van der Waals surface area contributed by atoms with Gasteiger partial charge >= 0.3 is 11.9 Å². The Balaban J connectivity index is 2.39. The highest BCUT2D eigenvalue weighted by molar-refractivity contribution is 6.29. The Hall–Kier alpha value is -1.06. The molecule has 1 fully saturated rings. The molecule has 0 aromatic heterocycles. The van der Waals surface area contributed by atoms with Gasteiger partial charge in [0.05, 0.1) is 13.7 Å². The lowest BCUT2D eigenvalue weighted by molar-refractivity contribution is -0.167. The molecule has 0 amide bonds. The molecule has 0 saturated heterocycles. The topological polar surface area (TPSA) is 52.6 Å². The highest BCUT2D eigenvalue weighted by Crippen LogP contribution is 2.41. The molecule has 0 heterocycles. The molecule has 0 bridgehead atoms. The van der Waals surface area contributed by atoms with Crippen LogP contribution >= 0.6 is 0 Å². The fourth-order valence-electron chi connectivity index (χ4n) is 2.73. The van der Waals surface area contributed by atoms with Gasteiger partial charge in [-0.1, -0.05) is 33.6 Å². The van der Waals surface area contributed by atoms with Gasteiger partial charge in [-0.2, -0.15) is 0 Å². The summed E-state index contributed by atoms with van der Waals surface area (Å²) in [6.45, 7) is 6.95. The lowest BCUT2D eigenvalue weighted by Crippen LogP contribution is -2.30. The summed E-state index contributed by atoms with van der Waals surface area (Å²) in [6, 6.07) is 0. The minimum absolute atomic E-state index is 0.290. The summed E-state index contributed by atoms with van der Waals surface area (Å²) in [7, 11) is 1.18. The zero-order chi connectivity index (χ0) is 13.8. The molecule has 4 heteroatoms. The Morgan fingerprint density at radius 1 is 1.33 bits per heavy atom. The molecule has 104 valence electrons. The van der Waals surface area contributed by atoms with Crippen molar-refractivity contribution in [3.8, 4) is 0 Å². The Bertz CT molecular complexity index is 309. The van der Waals surface area contributed by atoms with Gasteiger partial charge in [0.15, 0.2) is 0 Å². The summed E-state index contributed by atoms with van der Waals surface area (Å²) in [5.41, 5.74) is 0.379. The highest BCUT2D eigenvalue weighted by Gasteiger charge is 2.31. The van der Waals surface area contributed by atoms with Crippen LogP contribution < -0.4 is 0 Å². The van der Waals surface area contributed by atoms with Crippen LogP contribution in [0.5, 0.6) is 0 Å². The van der Waals surface area contributed by atoms with Crippen molar-refractivity contribution in [1.29, 1.82) is 0 Å². The van der Waals surface area contributed by atoms with Crippen LogP contribution in [0, 0.1) is 17.3 Å². The van der Waals surface area contributed by atoms with Gasteiger partial charge in [-0.3, -0.25) is 0 Å². The average molecular weight is 256 g/mol. The van der Waals surface area contributed by atoms with E-state index in [9.17, 15) is 9.59 Å². The van der Waals surface area contributed by atoms with Gasteiger partial charge in [-0.25, -0.2) is 9.59 Å². The van der Waals surface area contributed by atoms with Crippen molar-refractivity contribution in [1.82, 2.24) is 0 Å². The molecule has 2 atom stereocenters. The molecular formula is C14H24O4. The molecule has 1 rings (SSSR count). The van der Waals surface area contributed by atoms with Gasteiger partial charge in [0.25, 0.3) is 0 Å². The predicted octanol–water partition coefficient (Wildman–Crippen LogP) is 2.56. The van der Waals surface area contributed by atoms with E-state index in [1.807, 2.05) is 0 Å². The van der Waals surface area contributed by atoms with Crippen molar-refractivity contribution in [2.75, 3.05) is 13.7 Å². The summed E-state index contributed by atoms with van der Waals surface area (Å²) >= 11 is 0. The predicted molar refractivity (Wildman–Crippen MR) is 67.9 cm³/mol. The van der Waals surface area contributed by atoms with E-state index in [4.69, 9.17) is 4.74 Å². The second kappa shape index (κ2) is 6.21. The van der Waals surface area contributed by atoms with Crippen LogP contribution in [0.25, 0.3) is 0 Å². The first kappa shape index (κ1) is 15.0. The fourth-order valence-corrected chi connectivity index (χ4v) is 2.73. The number of methoxy groups -OCH3 is 1. The number of hydrogen-bond donors (Lipinski definition) is 0. The van der Waals surface area contributed by atoms with Crippen LogP contribution in [0.15, 0.2) is 0 Å². The minimum atomic E-state index is -0.925. The maximum absolute atomic E-state index is 11.2. The Labute approximate surface area is 109 Å². The summed E-state index contributed by atoms with van der Waals surface area (Å²) in [6.07, 6.45) is 4.83. The number of hydrogen-bond acceptors (Lipinski definition) is 4. The highest BCUT2D eigenvalue weighted by atomic mass is 16.6. The van der Waals surface area contributed by atoms with E-state index >= 15 is 0 Å². The van der Waals surface area contributed by atoms with Gasteiger partial charge in [-0.15, -0.1) is 0 Å². The summed E-state index contributed by atoms with van der Waals surface area (Å²) in [5, 5.41) is 0. The van der Waals surface area contributed by atoms with Gasteiger partial charge in [0.1, 0.15) is 0 Å². The van der Waals surface area contributed by atoms with E-state index in [1.165, 1.54) is 26.4 Å². The first-order chi connectivity index (χ1) is 8.35. The van der Waals surface area contributed by atoms with E-state index < -0.39 is 11.9 Å². The minimum Gasteiger partial charge on any atom is -0.461 e. The zero-order valence-electron chi connectivity index (χ0n) is 11.8. The third-order valence-corrected chi connectivity index (χ3v) is 3.88. The molecule has 0 aliphatic heterocycles. The number of ether oxygens (including phenoxy) is 2. The molecule has 0 aromatic carbocycles. The average Bonchev–Trinajstić information content (AvgIpc) is 2.33. The van der Waals surface area contributed by atoms with E-state index in [1.54, 1.807) is 0 Å². The maximum Gasteiger partial charge on any atom is 0.417 e. The molecule has 0 aromatic rings. The van der Waals surface area contributed by atoms with Crippen molar-refractivity contribution in [3.63, 3.8) is 0 Å². The van der Waals surface area contributed by atoms with E-state index in [0.29, 0.717) is 17.9 Å². The van der Waals surface area contributed by atoms with Gasteiger partial charge in [0, 0.05) is 0 Å². The summed E-state index contributed by atoms with van der Waals surface area (Å²) < 4.78 is 9.27. The SMILES string of the molecule is COC(=O)C(=O)OCC(C)C1CCCC(C)(C)C1.